The summed E-state index contributed by atoms with van der Waals surface area (Å²) >= 11 is 0. The maximum Gasteiger partial charge on any atom is 0.146 e. The summed E-state index contributed by atoms with van der Waals surface area (Å²) in [7, 11) is 0. The number of aromatic nitrogens is 3. The van der Waals surface area contributed by atoms with Gasteiger partial charge in [-0.2, -0.15) is 0 Å². The molecular formula is C51H33N3. The molecule has 0 saturated heterocycles. The summed E-state index contributed by atoms with van der Waals surface area (Å²) in [4.78, 5) is 10.6. The molecule has 0 unspecified atom stereocenters. The number of imidazole rings is 1. The third-order valence-electron chi connectivity index (χ3n) is 11.3. The lowest BCUT2D eigenvalue weighted by molar-refractivity contribution is 0.747. The van der Waals surface area contributed by atoms with Crippen molar-refractivity contribution in [3.8, 4) is 39.5 Å². The van der Waals surface area contributed by atoms with Crippen molar-refractivity contribution in [3.63, 3.8) is 0 Å². The molecule has 8 aromatic carbocycles. The van der Waals surface area contributed by atoms with Crippen LogP contribution in [0, 0.1) is 0 Å². The highest BCUT2D eigenvalue weighted by Gasteiger charge is 2.44. The van der Waals surface area contributed by atoms with Gasteiger partial charge in [-0.1, -0.05) is 164 Å². The Hall–Kier alpha value is -7.10. The summed E-state index contributed by atoms with van der Waals surface area (Å²) in [6.45, 7) is 0. The van der Waals surface area contributed by atoms with E-state index in [1.807, 2.05) is 0 Å². The van der Waals surface area contributed by atoms with Gasteiger partial charge in [-0.25, -0.2) is 9.97 Å². The average molecular weight is 688 g/mol. The highest BCUT2D eigenvalue weighted by molar-refractivity contribution is 6.11. The molecule has 0 atom stereocenters. The number of fused-ring (bicyclic) bond motifs is 10. The standard InChI is InChI=1S/C51H33N3/c1-3-18-37(19-4-1)51(38-20-5-2-6-21-38)43-26-11-9-25-42(43)50-53-46-28-13-14-29-48(46)54(50)47-31-30-35(33-44(47)51)34-16-15-17-36(32-34)49-41-24-8-7-22-39(41)40-23-10-12-27-45(40)52-49/h1-33H. The third kappa shape index (κ3) is 4.42. The van der Waals surface area contributed by atoms with E-state index in [9.17, 15) is 0 Å². The van der Waals surface area contributed by atoms with E-state index in [2.05, 4.69) is 205 Å². The Bertz CT molecular complexity index is 3010. The van der Waals surface area contributed by atoms with Crippen LogP contribution < -0.4 is 0 Å². The lowest BCUT2D eigenvalue weighted by Crippen LogP contribution is -2.32. The van der Waals surface area contributed by atoms with E-state index in [0.717, 1.165) is 61.4 Å². The fraction of sp³-hybridized carbons (Fsp3) is 0.0196. The van der Waals surface area contributed by atoms with Crippen LogP contribution in [0.3, 0.4) is 0 Å². The lowest BCUT2D eigenvalue weighted by atomic mass is 9.63. The van der Waals surface area contributed by atoms with Crippen LogP contribution in [0.4, 0.5) is 0 Å². The Balaban J connectivity index is 1.23. The summed E-state index contributed by atoms with van der Waals surface area (Å²) < 4.78 is 2.38. The van der Waals surface area contributed by atoms with Gasteiger partial charge in [-0.05, 0) is 75.2 Å². The molecule has 11 rings (SSSR count). The molecule has 0 aliphatic carbocycles. The van der Waals surface area contributed by atoms with Crippen molar-refractivity contribution in [2.24, 2.45) is 0 Å². The molecule has 0 amide bonds. The normalized spacial score (nSPS) is 13.0. The van der Waals surface area contributed by atoms with Crippen LogP contribution in [-0.4, -0.2) is 14.5 Å². The van der Waals surface area contributed by atoms with Gasteiger partial charge in [0.2, 0.25) is 0 Å². The van der Waals surface area contributed by atoms with Crippen molar-refractivity contribution < 1.29 is 0 Å². The van der Waals surface area contributed by atoms with Gasteiger partial charge in [0.05, 0.1) is 33.3 Å². The molecule has 3 heteroatoms. The Labute approximate surface area is 313 Å². The highest BCUT2D eigenvalue weighted by Crippen LogP contribution is 2.53. The molecule has 0 spiro atoms. The van der Waals surface area contributed by atoms with Crippen LogP contribution >= 0.6 is 0 Å². The van der Waals surface area contributed by atoms with Gasteiger partial charge in [0, 0.05) is 21.9 Å². The first-order valence-corrected chi connectivity index (χ1v) is 18.5. The van der Waals surface area contributed by atoms with Crippen molar-refractivity contribution in [3.05, 3.63) is 222 Å². The lowest BCUT2D eigenvalue weighted by Gasteiger charge is -2.38. The van der Waals surface area contributed by atoms with Gasteiger partial charge < -0.3 is 0 Å². The topological polar surface area (TPSA) is 30.7 Å². The van der Waals surface area contributed by atoms with Crippen molar-refractivity contribution in [2.45, 2.75) is 5.41 Å². The van der Waals surface area contributed by atoms with Crippen molar-refractivity contribution >= 4 is 32.7 Å². The first-order chi connectivity index (χ1) is 26.8. The number of hydrogen-bond acceptors (Lipinski definition) is 2. The second-order valence-electron chi connectivity index (χ2n) is 14.1. The quantitative estimate of drug-likeness (QED) is 0.172. The largest absolute Gasteiger partial charge is 0.292 e. The summed E-state index contributed by atoms with van der Waals surface area (Å²) in [5.74, 6) is 0.950. The molecule has 1 aliphatic rings. The van der Waals surface area contributed by atoms with Gasteiger partial charge in [0.15, 0.2) is 0 Å². The summed E-state index contributed by atoms with van der Waals surface area (Å²) in [5, 5.41) is 3.54. The molecule has 2 aromatic heterocycles. The minimum absolute atomic E-state index is 0.653. The van der Waals surface area contributed by atoms with E-state index in [4.69, 9.17) is 9.97 Å². The van der Waals surface area contributed by atoms with Crippen LogP contribution in [-0.2, 0) is 5.41 Å². The molecule has 0 fully saturated rings. The predicted molar refractivity (Wildman–Crippen MR) is 222 cm³/mol. The monoisotopic (exact) mass is 687 g/mol. The molecule has 54 heavy (non-hydrogen) atoms. The Kier molecular flexibility index (Phi) is 6.77. The number of nitrogens with zero attached hydrogens (tertiary/aromatic N) is 3. The zero-order valence-electron chi connectivity index (χ0n) is 29.4. The number of benzene rings is 8. The zero-order chi connectivity index (χ0) is 35.6. The Morgan fingerprint density at radius 3 is 1.80 bits per heavy atom. The first-order valence-electron chi connectivity index (χ1n) is 18.5. The zero-order valence-corrected chi connectivity index (χ0v) is 29.4. The molecule has 0 radical (unpaired) electrons. The Morgan fingerprint density at radius 1 is 0.389 bits per heavy atom. The molecule has 0 saturated carbocycles. The molecule has 10 aromatic rings. The minimum atomic E-state index is -0.653. The molecule has 0 bridgehead atoms. The first kappa shape index (κ1) is 30.5. The number of pyridine rings is 1. The smallest absolute Gasteiger partial charge is 0.146 e. The Morgan fingerprint density at radius 2 is 1.00 bits per heavy atom. The van der Waals surface area contributed by atoms with E-state index in [1.54, 1.807) is 0 Å². The average Bonchev–Trinajstić information content (AvgIpc) is 3.60. The minimum Gasteiger partial charge on any atom is -0.292 e. The highest BCUT2D eigenvalue weighted by atomic mass is 15.1. The van der Waals surface area contributed by atoms with Gasteiger partial charge in [0.1, 0.15) is 5.82 Å². The number of para-hydroxylation sites is 3. The second kappa shape index (κ2) is 12.0. The van der Waals surface area contributed by atoms with Crippen LogP contribution in [0.5, 0.6) is 0 Å². The SMILES string of the molecule is c1ccc(C2(c3ccccc3)c3ccccc3-c3nc4ccccc4n3-c3ccc(-c4cccc(-c5nc6ccccc6c6ccccc56)c4)cc32)cc1. The second-order valence-corrected chi connectivity index (χ2v) is 14.1. The van der Waals surface area contributed by atoms with Crippen molar-refractivity contribution in [1.29, 1.82) is 0 Å². The van der Waals surface area contributed by atoms with Gasteiger partial charge in [-0.3, -0.25) is 4.57 Å². The molecular weight excluding hydrogens is 655 g/mol. The third-order valence-corrected chi connectivity index (χ3v) is 11.3. The number of hydrogen-bond donors (Lipinski definition) is 0. The van der Waals surface area contributed by atoms with Crippen LogP contribution in [0.1, 0.15) is 22.3 Å². The van der Waals surface area contributed by atoms with Crippen molar-refractivity contribution in [1.82, 2.24) is 14.5 Å². The molecule has 1 aliphatic heterocycles. The fourth-order valence-corrected chi connectivity index (χ4v) is 8.95. The molecule has 0 N–H and O–H groups in total. The maximum atomic E-state index is 5.33. The summed E-state index contributed by atoms with van der Waals surface area (Å²) in [5.41, 5.74) is 13.8. The summed E-state index contributed by atoms with van der Waals surface area (Å²) in [6, 6.07) is 72.3. The summed E-state index contributed by atoms with van der Waals surface area (Å²) in [6.07, 6.45) is 0. The van der Waals surface area contributed by atoms with Crippen LogP contribution in [0.25, 0.3) is 72.2 Å². The molecule has 3 heterocycles. The predicted octanol–water partition coefficient (Wildman–Crippen LogP) is 12.4. The van der Waals surface area contributed by atoms with E-state index in [0.29, 0.717) is 0 Å². The number of rotatable bonds is 4. The van der Waals surface area contributed by atoms with Gasteiger partial charge in [0.25, 0.3) is 0 Å². The van der Waals surface area contributed by atoms with E-state index >= 15 is 0 Å². The van der Waals surface area contributed by atoms with E-state index in [1.165, 1.54) is 33.0 Å². The molecule has 3 nitrogen and oxygen atoms in total. The van der Waals surface area contributed by atoms with Crippen LogP contribution in [0.15, 0.2) is 200 Å². The van der Waals surface area contributed by atoms with Gasteiger partial charge >= 0.3 is 0 Å². The van der Waals surface area contributed by atoms with Gasteiger partial charge in [-0.15, -0.1) is 0 Å². The molecule has 252 valence electrons. The van der Waals surface area contributed by atoms with Crippen molar-refractivity contribution in [2.75, 3.05) is 0 Å². The fourth-order valence-electron chi connectivity index (χ4n) is 8.95. The van der Waals surface area contributed by atoms with E-state index < -0.39 is 5.41 Å². The van der Waals surface area contributed by atoms with E-state index in [-0.39, 0.29) is 0 Å². The maximum absolute atomic E-state index is 5.33. The van der Waals surface area contributed by atoms with Crippen LogP contribution in [0.2, 0.25) is 0 Å².